The molecule has 0 radical (unpaired) electrons. The molecule has 1 fully saturated rings. The van der Waals surface area contributed by atoms with Crippen molar-refractivity contribution >= 4 is 11.0 Å². The molecule has 0 saturated heterocycles. The van der Waals surface area contributed by atoms with Crippen molar-refractivity contribution in [1.29, 1.82) is 5.26 Å². The first kappa shape index (κ1) is 8.55. The molecule has 0 spiro atoms. The highest BCUT2D eigenvalue weighted by atomic mass is 16.3. The molecule has 0 atom stereocenters. The van der Waals surface area contributed by atoms with Gasteiger partial charge in [-0.2, -0.15) is 5.26 Å². The maximum absolute atomic E-state index is 9.05. The molecule has 74 valence electrons. The second kappa shape index (κ2) is 2.87. The van der Waals surface area contributed by atoms with Gasteiger partial charge in [0.1, 0.15) is 5.58 Å². The van der Waals surface area contributed by atoms with Crippen molar-refractivity contribution in [3.8, 4) is 6.07 Å². The lowest BCUT2D eigenvalue weighted by Crippen LogP contribution is -2.00. The molecule has 3 rings (SSSR count). The zero-order valence-electron chi connectivity index (χ0n) is 8.36. The van der Waals surface area contributed by atoms with E-state index in [1.165, 1.54) is 5.56 Å². The monoisotopic (exact) mass is 197 g/mol. The fourth-order valence-corrected chi connectivity index (χ4v) is 2.01. The van der Waals surface area contributed by atoms with Crippen molar-refractivity contribution in [3.63, 3.8) is 0 Å². The van der Waals surface area contributed by atoms with Gasteiger partial charge >= 0.3 is 0 Å². The lowest BCUT2D eigenvalue weighted by molar-refractivity contribution is 0.596. The van der Waals surface area contributed by atoms with Crippen molar-refractivity contribution in [1.82, 2.24) is 0 Å². The zero-order chi connectivity index (χ0) is 10.3. The number of para-hydroxylation sites is 1. The van der Waals surface area contributed by atoms with Crippen LogP contribution in [0.15, 0.2) is 34.9 Å². The predicted octanol–water partition coefficient (Wildman–Crippen LogP) is 3.28. The van der Waals surface area contributed by atoms with Gasteiger partial charge in [0.25, 0.3) is 0 Å². The average molecular weight is 197 g/mol. The molecule has 1 saturated carbocycles. The molecule has 2 nitrogen and oxygen atoms in total. The Kier molecular flexibility index (Phi) is 1.63. The van der Waals surface area contributed by atoms with E-state index in [4.69, 9.17) is 9.68 Å². The largest absolute Gasteiger partial charge is 0.464 e. The van der Waals surface area contributed by atoms with Crippen LogP contribution in [-0.2, 0) is 6.42 Å². The number of nitriles is 1. The molecule has 2 aromatic rings. The van der Waals surface area contributed by atoms with Crippen LogP contribution in [-0.4, -0.2) is 0 Å². The number of fused-ring (bicyclic) bond motifs is 1. The quantitative estimate of drug-likeness (QED) is 0.740. The van der Waals surface area contributed by atoms with E-state index in [9.17, 15) is 0 Å². The van der Waals surface area contributed by atoms with Crippen LogP contribution in [0.5, 0.6) is 0 Å². The van der Waals surface area contributed by atoms with Gasteiger partial charge in [-0.15, -0.1) is 0 Å². The Bertz CT molecular complexity index is 543. The summed E-state index contributed by atoms with van der Waals surface area (Å²) in [6.07, 6.45) is 4.69. The minimum absolute atomic E-state index is 0.0906. The van der Waals surface area contributed by atoms with Gasteiger partial charge in [-0.25, -0.2) is 0 Å². The average Bonchev–Trinajstić information content (AvgIpc) is 2.95. The van der Waals surface area contributed by atoms with Crippen molar-refractivity contribution < 1.29 is 4.42 Å². The molecule has 0 N–H and O–H groups in total. The number of furan rings is 1. The van der Waals surface area contributed by atoms with Gasteiger partial charge in [0.15, 0.2) is 0 Å². The molecular formula is C13H11NO. The Morgan fingerprint density at radius 1 is 1.33 bits per heavy atom. The van der Waals surface area contributed by atoms with Gasteiger partial charge in [-0.05, 0) is 30.9 Å². The van der Waals surface area contributed by atoms with E-state index in [0.29, 0.717) is 0 Å². The fraction of sp³-hybridized carbons (Fsp3) is 0.308. The van der Waals surface area contributed by atoms with E-state index < -0.39 is 0 Å². The van der Waals surface area contributed by atoms with Crippen molar-refractivity contribution in [3.05, 3.63) is 36.1 Å². The van der Waals surface area contributed by atoms with Gasteiger partial charge < -0.3 is 4.42 Å². The lowest BCUT2D eigenvalue weighted by atomic mass is 9.98. The summed E-state index contributed by atoms with van der Waals surface area (Å²) in [5, 5.41) is 10.2. The smallest absolute Gasteiger partial charge is 0.134 e. The van der Waals surface area contributed by atoms with Crippen LogP contribution in [0.2, 0.25) is 0 Å². The Morgan fingerprint density at radius 3 is 2.87 bits per heavy atom. The van der Waals surface area contributed by atoms with Gasteiger partial charge in [0, 0.05) is 5.39 Å². The van der Waals surface area contributed by atoms with E-state index in [2.05, 4.69) is 12.1 Å². The van der Waals surface area contributed by atoms with Crippen LogP contribution in [0.25, 0.3) is 11.0 Å². The second-order valence-electron chi connectivity index (χ2n) is 4.33. The number of rotatable bonds is 2. The molecule has 0 aliphatic heterocycles. The molecule has 1 aromatic heterocycles. The topological polar surface area (TPSA) is 36.9 Å². The number of nitrogens with zero attached hydrogens (tertiary/aromatic N) is 1. The van der Waals surface area contributed by atoms with E-state index in [1.54, 1.807) is 6.26 Å². The van der Waals surface area contributed by atoms with Crippen LogP contribution in [0.4, 0.5) is 0 Å². The molecule has 0 unspecified atom stereocenters. The van der Waals surface area contributed by atoms with Crippen LogP contribution in [0, 0.1) is 16.7 Å². The summed E-state index contributed by atoms with van der Waals surface area (Å²) < 4.78 is 5.46. The molecular weight excluding hydrogens is 186 g/mol. The molecule has 2 heteroatoms. The molecule has 1 heterocycles. The van der Waals surface area contributed by atoms with E-state index in [1.807, 2.05) is 18.2 Å². The van der Waals surface area contributed by atoms with Crippen molar-refractivity contribution in [2.45, 2.75) is 19.3 Å². The van der Waals surface area contributed by atoms with Crippen molar-refractivity contribution in [2.24, 2.45) is 5.41 Å². The third-order valence-electron chi connectivity index (χ3n) is 3.18. The highest BCUT2D eigenvalue weighted by Gasteiger charge is 2.43. The standard InChI is InChI=1S/C13H11NO/c14-9-13(5-6-13)7-10-8-15-12-4-2-1-3-11(10)12/h1-4,8H,5-7H2. The predicted molar refractivity (Wildman–Crippen MR) is 57.2 cm³/mol. The van der Waals surface area contributed by atoms with E-state index in [0.717, 1.165) is 30.2 Å². The second-order valence-corrected chi connectivity index (χ2v) is 4.33. The Morgan fingerprint density at radius 2 is 2.13 bits per heavy atom. The summed E-state index contributed by atoms with van der Waals surface area (Å²) in [6, 6.07) is 10.4. The first-order valence-electron chi connectivity index (χ1n) is 5.19. The van der Waals surface area contributed by atoms with Gasteiger partial charge in [-0.3, -0.25) is 0 Å². The molecule has 0 bridgehead atoms. The summed E-state index contributed by atoms with van der Waals surface area (Å²) in [7, 11) is 0. The summed E-state index contributed by atoms with van der Waals surface area (Å²) in [5.41, 5.74) is 2.00. The number of benzene rings is 1. The maximum atomic E-state index is 9.05. The number of hydrogen-bond acceptors (Lipinski definition) is 2. The summed E-state index contributed by atoms with van der Waals surface area (Å²) in [4.78, 5) is 0. The zero-order valence-corrected chi connectivity index (χ0v) is 8.36. The minimum Gasteiger partial charge on any atom is -0.464 e. The Labute approximate surface area is 88.1 Å². The SMILES string of the molecule is N#CC1(Cc2coc3ccccc23)CC1. The third-order valence-corrected chi connectivity index (χ3v) is 3.18. The highest BCUT2D eigenvalue weighted by molar-refractivity contribution is 5.81. The summed E-state index contributed by atoms with van der Waals surface area (Å²) >= 11 is 0. The summed E-state index contributed by atoms with van der Waals surface area (Å²) in [5.74, 6) is 0. The highest BCUT2D eigenvalue weighted by Crippen LogP contribution is 2.48. The van der Waals surface area contributed by atoms with Crippen LogP contribution in [0.1, 0.15) is 18.4 Å². The molecule has 15 heavy (non-hydrogen) atoms. The van der Waals surface area contributed by atoms with E-state index in [-0.39, 0.29) is 5.41 Å². The number of hydrogen-bond donors (Lipinski definition) is 0. The first-order chi connectivity index (χ1) is 7.33. The van der Waals surface area contributed by atoms with Gasteiger partial charge in [-0.1, -0.05) is 18.2 Å². The molecule has 1 aliphatic carbocycles. The van der Waals surface area contributed by atoms with Crippen LogP contribution in [0.3, 0.4) is 0 Å². The summed E-state index contributed by atoms with van der Waals surface area (Å²) in [6.45, 7) is 0. The van der Waals surface area contributed by atoms with Crippen LogP contribution < -0.4 is 0 Å². The third kappa shape index (κ3) is 1.32. The maximum Gasteiger partial charge on any atom is 0.134 e. The minimum atomic E-state index is -0.0906. The lowest BCUT2D eigenvalue weighted by Gasteiger charge is -2.02. The Balaban J connectivity index is 2.02. The normalized spacial score (nSPS) is 17.5. The molecule has 1 aromatic carbocycles. The molecule has 1 aliphatic rings. The van der Waals surface area contributed by atoms with Crippen LogP contribution >= 0.6 is 0 Å². The Hall–Kier alpha value is -1.75. The van der Waals surface area contributed by atoms with E-state index >= 15 is 0 Å². The fourth-order valence-electron chi connectivity index (χ4n) is 2.01. The van der Waals surface area contributed by atoms with Gasteiger partial charge in [0.2, 0.25) is 0 Å². The van der Waals surface area contributed by atoms with Gasteiger partial charge in [0.05, 0.1) is 17.7 Å². The first-order valence-corrected chi connectivity index (χ1v) is 5.19. The molecule has 0 amide bonds. The van der Waals surface area contributed by atoms with Crippen molar-refractivity contribution in [2.75, 3.05) is 0 Å².